The van der Waals surface area contributed by atoms with E-state index in [0.717, 1.165) is 5.56 Å². The molecule has 17 heavy (non-hydrogen) atoms. The number of hydrogen-bond acceptors (Lipinski definition) is 3. The van der Waals surface area contributed by atoms with Crippen LogP contribution in [0.3, 0.4) is 0 Å². The summed E-state index contributed by atoms with van der Waals surface area (Å²) in [5, 5.41) is 0.530. The van der Waals surface area contributed by atoms with Gasteiger partial charge in [-0.25, -0.2) is 0 Å². The van der Waals surface area contributed by atoms with Crippen LogP contribution in [0.25, 0.3) is 6.08 Å². The Hall–Kier alpha value is -1.19. The first-order valence-electron chi connectivity index (χ1n) is 5.52. The molecule has 3 nitrogen and oxygen atoms in total. The lowest BCUT2D eigenvalue weighted by Gasteiger charge is -2.11. The van der Waals surface area contributed by atoms with Crippen LogP contribution in [0.4, 0.5) is 0 Å². The predicted molar refractivity (Wildman–Crippen MR) is 71.9 cm³/mol. The maximum absolute atomic E-state index is 6.12. The fourth-order valence-corrected chi connectivity index (χ4v) is 1.70. The van der Waals surface area contributed by atoms with Gasteiger partial charge in [-0.3, -0.25) is 0 Å². The Morgan fingerprint density at radius 3 is 2.71 bits per heavy atom. The summed E-state index contributed by atoms with van der Waals surface area (Å²) in [5.74, 6) is 1.21. The maximum Gasteiger partial charge on any atom is 0.179 e. The second-order valence-electron chi connectivity index (χ2n) is 3.69. The summed E-state index contributed by atoms with van der Waals surface area (Å²) in [4.78, 5) is 0. The van der Waals surface area contributed by atoms with Crippen molar-refractivity contribution in [1.29, 1.82) is 0 Å². The summed E-state index contributed by atoms with van der Waals surface area (Å²) in [6, 6.07) is 3.71. The Morgan fingerprint density at radius 2 is 2.18 bits per heavy atom. The highest BCUT2D eigenvalue weighted by Gasteiger charge is 2.10. The number of ether oxygens (including phenoxy) is 2. The van der Waals surface area contributed by atoms with Crippen LogP contribution in [0.1, 0.15) is 19.4 Å². The molecule has 0 fully saturated rings. The van der Waals surface area contributed by atoms with Crippen molar-refractivity contribution in [3.05, 3.63) is 28.8 Å². The van der Waals surface area contributed by atoms with Gasteiger partial charge in [-0.15, -0.1) is 0 Å². The highest BCUT2D eigenvalue weighted by molar-refractivity contribution is 6.32. The SMILES string of the molecule is CCOc1cc(/C=C/C(C)N)cc(Cl)c1OC. The molecule has 0 amide bonds. The van der Waals surface area contributed by atoms with Gasteiger partial charge >= 0.3 is 0 Å². The van der Waals surface area contributed by atoms with Gasteiger partial charge in [-0.1, -0.05) is 23.8 Å². The van der Waals surface area contributed by atoms with Crippen LogP contribution >= 0.6 is 11.6 Å². The topological polar surface area (TPSA) is 44.5 Å². The molecule has 0 heterocycles. The van der Waals surface area contributed by atoms with Crippen molar-refractivity contribution in [2.24, 2.45) is 5.73 Å². The summed E-state index contributed by atoms with van der Waals surface area (Å²) in [6.45, 7) is 4.38. The molecule has 2 N–H and O–H groups in total. The third-order valence-electron chi connectivity index (χ3n) is 2.13. The van der Waals surface area contributed by atoms with Crippen LogP contribution in [-0.2, 0) is 0 Å². The molecule has 0 aromatic heterocycles. The molecule has 0 spiro atoms. The summed E-state index contributed by atoms with van der Waals surface area (Å²) < 4.78 is 10.7. The summed E-state index contributed by atoms with van der Waals surface area (Å²) in [6.07, 6.45) is 3.81. The number of benzene rings is 1. The second kappa shape index (κ2) is 6.52. The smallest absolute Gasteiger partial charge is 0.179 e. The van der Waals surface area contributed by atoms with Crippen LogP contribution in [0.2, 0.25) is 5.02 Å². The van der Waals surface area contributed by atoms with E-state index >= 15 is 0 Å². The Balaban J connectivity index is 3.10. The molecule has 1 unspecified atom stereocenters. The summed E-state index contributed by atoms with van der Waals surface area (Å²) in [5.41, 5.74) is 6.60. The molecular weight excluding hydrogens is 238 g/mol. The van der Waals surface area contributed by atoms with Crippen LogP contribution < -0.4 is 15.2 Å². The Labute approximate surface area is 107 Å². The van der Waals surface area contributed by atoms with Gasteiger partial charge in [0, 0.05) is 6.04 Å². The van der Waals surface area contributed by atoms with E-state index in [2.05, 4.69) is 0 Å². The molecule has 0 aliphatic carbocycles. The number of methoxy groups -OCH3 is 1. The summed E-state index contributed by atoms with van der Waals surface area (Å²) in [7, 11) is 1.57. The Bertz CT molecular complexity index is 403. The first-order valence-corrected chi connectivity index (χ1v) is 5.90. The first-order chi connectivity index (χ1) is 8.08. The molecule has 1 atom stereocenters. The highest BCUT2D eigenvalue weighted by Crippen LogP contribution is 2.36. The largest absolute Gasteiger partial charge is 0.491 e. The standard InChI is InChI=1S/C13H18ClNO2/c1-4-17-12-8-10(6-5-9(2)15)7-11(14)13(12)16-3/h5-9H,4,15H2,1-3H3/b6-5+. The molecule has 1 rings (SSSR count). The fourth-order valence-electron chi connectivity index (χ4n) is 1.41. The Kier molecular flexibility index (Phi) is 5.32. The van der Waals surface area contributed by atoms with Gasteiger partial charge in [0.2, 0.25) is 0 Å². The number of halogens is 1. The number of rotatable bonds is 5. The molecule has 0 radical (unpaired) electrons. The minimum atomic E-state index is 0.00595. The molecule has 0 bridgehead atoms. The van der Waals surface area contributed by atoms with E-state index in [0.29, 0.717) is 23.1 Å². The minimum Gasteiger partial charge on any atom is -0.491 e. The van der Waals surface area contributed by atoms with Crippen LogP contribution in [0.15, 0.2) is 18.2 Å². The van der Waals surface area contributed by atoms with Gasteiger partial charge in [0.15, 0.2) is 11.5 Å². The molecule has 1 aromatic rings. The summed E-state index contributed by atoms with van der Waals surface area (Å²) >= 11 is 6.12. The lowest BCUT2D eigenvalue weighted by Crippen LogP contribution is -2.09. The van der Waals surface area contributed by atoms with E-state index in [4.69, 9.17) is 26.8 Å². The van der Waals surface area contributed by atoms with Crippen LogP contribution in [0, 0.1) is 0 Å². The monoisotopic (exact) mass is 255 g/mol. The van der Waals surface area contributed by atoms with Crippen molar-refractivity contribution in [2.75, 3.05) is 13.7 Å². The average molecular weight is 256 g/mol. The average Bonchev–Trinajstić information content (AvgIpc) is 2.26. The highest BCUT2D eigenvalue weighted by atomic mass is 35.5. The van der Waals surface area contributed by atoms with Gasteiger partial charge in [0.25, 0.3) is 0 Å². The van der Waals surface area contributed by atoms with Gasteiger partial charge in [-0.05, 0) is 31.5 Å². The molecular formula is C13H18ClNO2. The van der Waals surface area contributed by atoms with Crippen molar-refractivity contribution in [1.82, 2.24) is 0 Å². The fraction of sp³-hybridized carbons (Fsp3) is 0.385. The van der Waals surface area contributed by atoms with Crippen molar-refractivity contribution < 1.29 is 9.47 Å². The third-order valence-corrected chi connectivity index (χ3v) is 2.41. The molecule has 1 aromatic carbocycles. The first kappa shape index (κ1) is 13.9. The van der Waals surface area contributed by atoms with Gasteiger partial charge in [0.05, 0.1) is 18.7 Å². The minimum absolute atomic E-state index is 0.00595. The molecule has 0 aliphatic rings. The zero-order chi connectivity index (χ0) is 12.8. The zero-order valence-electron chi connectivity index (χ0n) is 10.4. The third kappa shape index (κ3) is 3.95. The van der Waals surface area contributed by atoms with Gasteiger partial charge in [-0.2, -0.15) is 0 Å². The molecule has 94 valence electrons. The second-order valence-corrected chi connectivity index (χ2v) is 4.09. The lowest BCUT2D eigenvalue weighted by atomic mass is 10.1. The Morgan fingerprint density at radius 1 is 1.47 bits per heavy atom. The number of nitrogens with two attached hydrogens (primary N) is 1. The van der Waals surface area contributed by atoms with Gasteiger partial charge < -0.3 is 15.2 Å². The van der Waals surface area contributed by atoms with E-state index in [1.165, 1.54) is 0 Å². The van der Waals surface area contributed by atoms with E-state index in [1.54, 1.807) is 7.11 Å². The van der Waals surface area contributed by atoms with Crippen LogP contribution in [-0.4, -0.2) is 19.8 Å². The molecule has 0 saturated heterocycles. The van der Waals surface area contributed by atoms with E-state index in [-0.39, 0.29) is 6.04 Å². The molecule has 0 saturated carbocycles. The normalized spacial score (nSPS) is 12.8. The van der Waals surface area contributed by atoms with Crippen molar-refractivity contribution in [2.45, 2.75) is 19.9 Å². The van der Waals surface area contributed by atoms with E-state index < -0.39 is 0 Å². The molecule has 0 aliphatic heterocycles. The van der Waals surface area contributed by atoms with E-state index in [1.807, 2.05) is 38.1 Å². The predicted octanol–water partition coefficient (Wildman–Crippen LogP) is 3.11. The van der Waals surface area contributed by atoms with Gasteiger partial charge in [0.1, 0.15) is 0 Å². The van der Waals surface area contributed by atoms with Crippen molar-refractivity contribution >= 4 is 17.7 Å². The lowest BCUT2D eigenvalue weighted by molar-refractivity contribution is 0.311. The molecule has 4 heteroatoms. The van der Waals surface area contributed by atoms with Crippen molar-refractivity contribution in [3.63, 3.8) is 0 Å². The zero-order valence-corrected chi connectivity index (χ0v) is 11.1. The van der Waals surface area contributed by atoms with E-state index in [9.17, 15) is 0 Å². The van der Waals surface area contributed by atoms with Crippen molar-refractivity contribution in [3.8, 4) is 11.5 Å². The number of hydrogen-bond donors (Lipinski definition) is 1. The van der Waals surface area contributed by atoms with Crippen LogP contribution in [0.5, 0.6) is 11.5 Å². The quantitative estimate of drug-likeness (QED) is 0.879. The maximum atomic E-state index is 6.12.